The number of nitrogens with one attached hydrogen (secondary N) is 2. The van der Waals surface area contributed by atoms with Gasteiger partial charge in [0, 0.05) is 17.6 Å². The van der Waals surface area contributed by atoms with Crippen molar-refractivity contribution in [2.45, 2.75) is 6.92 Å². The van der Waals surface area contributed by atoms with E-state index in [2.05, 4.69) is 10.6 Å². The zero-order chi connectivity index (χ0) is 17.5. The molecule has 6 nitrogen and oxygen atoms in total. The van der Waals surface area contributed by atoms with E-state index in [0.29, 0.717) is 22.8 Å². The predicted molar refractivity (Wildman–Crippen MR) is 94.5 cm³/mol. The second-order valence-electron chi connectivity index (χ2n) is 5.09. The number of amides is 1. The average Bonchev–Trinajstić information content (AvgIpc) is 2.57. The van der Waals surface area contributed by atoms with Crippen molar-refractivity contribution in [1.29, 1.82) is 5.26 Å². The summed E-state index contributed by atoms with van der Waals surface area (Å²) in [6.07, 6.45) is 1.35. The van der Waals surface area contributed by atoms with Gasteiger partial charge in [-0.05, 0) is 48.9 Å². The zero-order valence-corrected chi connectivity index (χ0v) is 13.5. The van der Waals surface area contributed by atoms with Crippen LogP contribution in [0.15, 0.2) is 54.2 Å². The molecule has 6 heteroatoms. The fourth-order valence-electron chi connectivity index (χ4n) is 2.00. The molecule has 0 aliphatic rings. The number of aryl methyl sites for hydroxylation is 1. The Kier molecular flexibility index (Phi) is 5.42. The fraction of sp³-hybridized carbons (Fsp3) is 0.111. The number of nitrogen functional groups attached to an aromatic ring is 1. The summed E-state index contributed by atoms with van der Waals surface area (Å²) in [7, 11) is 1.55. The predicted octanol–water partition coefficient (Wildman–Crippen LogP) is 3.04. The summed E-state index contributed by atoms with van der Waals surface area (Å²) in [5.74, 6) is 0.106. The highest BCUT2D eigenvalue weighted by Crippen LogP contribution is 2.25. The van der Waals surface area contributed by atoms with Gasteiger partial charge in [-0.1, -0.05) is 6.07 Å². The Labute approximate surface area is 140 Å². The molecule has 4 N–H and O–H groups in total. The Morgan fingerprint density at radius 3 is 2.58 bits per heavy atom. The van der Waals surface area contributed by atoms with Gasteiger partial charge in [0.25, 0.3) is 5.91 Å². The number of benzene rings is 2. The molecule has 0 radical (unpaired) electrons. The van der Waals surface area contributed by atoms with Crippen LogP contribution in [0.4, 0.5) is 17.1 Å². The van der Waals surface area contributed by atoms with Gasteiger partial charge in [-0.3, -0.25) is 4.79 Å². The van der Waals surface area contributed by atoms with Crippen molar-refractivity contribution < 1.29 is 9.53 Å². The van der Waals surface area contributed by atoms with E-state index in [4.69, 9.17) is 10.5 Å². The molecule has 0 spiro atoms. The molecule has 0 heterocycles. The highest BCUT2D eigenvalue weighted by molar-refractivity contribution is 6.06. The summed E-state index contributed by atoms with van der Waals surface area (Å²) >= 11 is 0. The van der Waals surface area contributed by atoms with Gasteiger partial charge in [0.2, 0.25) is 0 Å². The van der Waals surface area contributed by atoms with Gasteiger partial charge in [-0.15, -0.1) is 0 Å². The first-order valence-electron chi connectivity index (χ1n) is 7.22. The molecular weight excluding hydrogens is 304 g/mol. The van der Waals surface area contributed by atoms with E-state index in [1.54, 1.807) is 31.4 Å². The maximum Gasteiger partial charge on any atom is 0.267 e. The molecule has 2 aromatic rings. The molecule has 0 saturated heterocycles. The van der Waals surface area contributed by atoms with E-state index >= 15 is 0 Å². The van der Waals surface area contributed by atoms with Crippen molar-refractivity contribution in [3.63, 3.8) is 0 Å². The number of ether oxygens (including phenoxy) is 1. The molecule has 24 heavy (non-hydrogen) atoms. The normalized spacial score (nSPS) is 10.6. The number of nitriles is 1. The van der Waals surface area contributed by atoms with Crippen LogP contribution in [0.25, 0.3) is 0 Å². The number of carbonyl (C=O) groups excluding carboxylic acids is 1. The van der Waals surface area contributed by atoms with E-state index in [1.165, 1.54) is 6.20 Å². The number of methoxy groups -OCH3 is 1. The van der Waals surface area contributed by atoms with Crippen LogP contribution in [0.2, 0.25) is 0 Å². The van der Waals surface area contributed by atoms with E-state index in [-0.39, 0.29) is 5.57 Å². The first-order valence-corrected chi connectivity index (χ1v) is 7.22. The molecule has 0 saturated carbocycles. The topological polar surface area (TPSA) is 100 Å². The lowest BCUT2D eigenvalue weighted by atomic mass is 10.2. The van der Waals surface area contributed by atoms with Gasteiger partial charge in [0.1, 0.15) is 17.4 Å². The highest BCUT2D eigenvalue weighted by atomic mass is 16.5. The van der Waals surface area contributed by atoms with Gasteiger partial charge in [-0.2, -0.15) is 5.26 Å². The van der Waals surface area contributed by atoms with E-state index in [9.17, 15) is 10.1 Å². The molecule has 0 aliphatic carbocycles. The summed E-state index contributed by atoms with van der Waals surface area (Å²) in [6.45, 7) is 1.94. The molecule has 2 rings (SSSR count). The fourth-order valence-corrected chi connectivity index (χ4v) is 2.00. The van der Waals surface area contributed by atoms with Crippen LogP contribution in [0, 0.1) is 18.3 Å². The summed E-state index contributed by atoms with van der Waals surface area (Å²) in [5, 5.41) is 14.8. The van der Waals surface area contributed by atoms with Crippen LogP contribution < -0.4 is 21.1 Å². The number of nitrogens with zero attached hydrogens (tertiary/aromatic N) is 1. The largest absolute Gasteiger partial charge is 0.495 e. The van der Waals surface area contributed by atoms with Crippen molar-refractivity contribution in [3.8, 4) is 11.8 Å². The second kappa shape index (κ2) is 7.70. The van der Waals surface area contributed by atoms with Gasteiger partial charge in [-0.25, -0.2) is 0 Å². The Bertz CT molecular complexity index is 805. The minimum Gasteiger partial charge on any atom is -0.495 e. The third-order valence-electron chi connectivity index (χ3n) is 3.26. The number of carbonyl (C=O) groups is 1. The second-order valence-corrected chi connectivity index (χ2v) is 5.09. The molecule has 0 aliphatic heterocycles. The summed E-state index contributed by atoms with van der Waals surface area (Å²) in [6, 6.07) is 14.1. The summed E-state index contributed by atoms with van der Waals surface area (Å²) in [5.41, 5.74) is 8.39. The maximum absolute atomic E-state index is 12.2. The Hall–Kier alpha value is -3.46. The van der Waals surface area contributed by atoms with Crippen LogP contribution >= 0.6 is 0 Å². The first-order chi connectivity index (χ1) is 11.5. The summed E-state index contributed by atoms with van der Waals surface area (Å²) in [4.78, 5) is 12.2. The van der Waals surface area contributed by atoms with Crippen LogP contribution in [0.5, 0.6) is 5.75 Å². The number of anilines is 3. The minimum absolute atomic E-state index is 0.0598. The number of hydrogen-bond acceptors (Lipinski definition) is 5. The highest BCUT2D eigenvalue weighted by Gasteiger charge is 2.10. The third-order valence-corrected chi connectivity index (χ3v) is 3.26. The quantitative estimate of drug-likeness (QED) is 0.446. The molecule has 0 atom stereocenters. The molecule has 0 bridgehead atoms. The third kappa shape index (κ3) is 4.27. The molecule has 0 unspecified atom stereocenters. The van der Waals surface area contributed by atoms with Gasteiger partial charge in [0.05, 0.1) is 12.8 Å². The first kappa shape index (κ1) is 16.9. The van der Waals surface area contributed by atoms with Crippen LogP contribution in [0.1, 0.15) is 5.56 Å². The van der Waals surface area contributed by atoms with Crippen molar-refractivity contribution >= 4 is 23.0 Å². The van der Waals surface area contributed by atoms with Gasteiger partial charge in [0.15, 0.2) is 0 Å². The Morgan fingerprint density at radius 1 is 1.25 bits per heavy atom. The van der Waals surface area contributed by atoms with Gasteiger partial charge < -0.3 is 21.1 Å². The molecule has 122 valence electrons. The number of hydrogen-bond donors (Lipinski definition) is 3. The SMILES string of the molecule is COc1ccc(C)cc1N/C=C(/C#N)C(=O)Nc1ccc(N)cc1. The zero-order valence-electron chi connectivity index (χ0n) is 13.5. The van der Waals surface area contributed by atoms with E-state index < -0.39 is 5.91 Å². The Balaban J connectivity index is 2.14. The van der Waals surface area contributed by atoms with Crippen molar-refractivity contribution in [2.24, 2.45) is 0 Å². The summed E-state index contributed by atoms with van der Waals surface area (Å²) < 4.78 is 5.25. The van der Waals surface area contributed by atoms with Crippen molar-refractivity contribution in [2.75, 3.05) is 23.5 Å². The lowest BCUT2D eigenvalue weighted by Gasteiger charge is -2.10. The smallest absolute Gasteiger partial charge is 0.267 e. The van der Waals surface area contributed by atoms with Crippen molar-refractivity contribution in [1.82, 2.24) is 0 Å². The van der Waals surface area contributed by atoms with Gasteiger partial charge >= 0.3 is 0 Å². The maximum atomic E-state index is 12.2. The van der Waals surface area contributed by atoms with Crippen LogP contribution in [-0.2, 0) is 4.79 Å². The number of rotatable bonds is 5. The average molecular weight is 322 g/mol. The number of nitrogens with two attached hydrogens (primary N) is 1. The monoisotopic (exact) mass is 322 g/mol. The van der Waals surface area contributed by atoms with Crippen LogP contribution in [0.3, 0.4) is 0 Å². The minimum atomic E-state index is -0.513. The lowest BCUT2D eigenvalue weighted by molar-refractivity contribution is -0.112. The lowest BCUT2D eigenvalue weighted by Crippen LogP contribution is -2.14. The molecule has 2 aromatic carbocycles. The van der Waals surface area contributed by atoms with Crippen molar-refractivity contribution in [3.05, 3.63) is 59.8 Å². The molecule has 1 amide bonds. The van der Waals surface area contributed by atoms with E-state index in [1.807, 2.05) is 31.2 Å². The van der Waals surface area contributed by atoms with Crippen LogP contribution in [-0.4, -0.2) is 13.0 Å². The molecule has 0 aromatic heterocycles. The molecule has 0 fully saturated rings. The Morgan fingerprint density at radius 2 is 1.96 bits per heavy atom. The van der Waals surface area contributed by atoms with E-state index in [0.717, 1.165) is 5.56 Å². The molecular formula is C18H18N4O2. The standard InChI is InChI=1S/C18H18N4O2/c1-12-3-8-17(24-2)16(9-12)21-11-13(10-19)18(23)22-15-6-4-14(20)5-7-15/h3-9,11,21H,20H2,1-2H3,(H,22,23)/b13-11-.